The van der Waals surface area contributed by atoms with Gasteiger partial charge in [-0.15, -0.1) is 6.58 Å². The van der Waals surface area contributed by atoms with E-state index in [1.807, 2.05) is 0 Å². The highest BCUT2D eigenvalue weighted by molar-refractivity contribution is 6.09. The molecule has 4 nitrogen and oxygen atoms in total. The van der Waals surface area contributed by atoms with E-state index in [2.05, 4.69) is 17.2 Å². The van der Waals surface area contributed by atoms with Gasteiger partial charge in [-0.1, -0.05) is 6.08 Å². The van der Waals surface area contributed by atoms with Crippen LogP contribution in [0.4, 0.5) is 18.9 Å². The summed E-state index contributed by atoms with van der Waals surface area (Å²) in [5.41, 5.74) is -2.07. The van der Waals surface area contributed by atoms with Crippen LogP contribution >= 0.6 is 0 Å². The van der Waals surface area contributed by atoms with Crippen molar-refractivity contribution in [2.75, 3.05) is 11.9 Å². The zero-order valence-corrected chi connectivity index (χ0v) is 11.6. The third-order valence-corrected chi connectivity index (χ3v) is 2.83. The zero-order chi connectivity index (χ0) is 16.2. The SMILES string of the molecule is C=CCNC(=O)C(C)(C)C(=O)Nc1ccc(F)c(F)c1F. The molecule has 2 N–H and O–H groups in total. The predicted octanol–water partition coefficient (Wildman–Crippen LogP) is 2.37. The van der Waals surface area contributed by atoms with Gasteiger partial charge in [0, 0.05) is 6.54 Å². The topological polar surface area (TPSA) is 58.2 Å². The Morgan fingerprint density at radius 3 is 2.38 bits per heavy atom. The van der Waals surface area contributed by atoms with Crippen molar-refractivity contribution in [3.05, 3.63) is 42.2 Å². The van der Waals surface area contributed by atoms with Gasteiger partial charge >= 0.3 is 0 Å². The molecule has 0 bridgehead atoms. The summed E-state index contributed by atoms with van der Waals surface area (Å²) >= 11 is 0. The van der Waals surface area contributed by atoms with Gasteiger partial charge in [0.1, 0.15) is 5.41 Å². The average Bonchev–Trinajstić information content (AvgIpc) is 2.44. The molecule has 0 radical (unpaired) electrons. The maximum atomic E-state index is 13.5. The van der Waals surface area contributed by atoms with Crippen molar-refractivity contribution in [3.8, 4) is 0 Å². The largest absolute Gasteiger partial charge is 0.352 e. The molecule has 0 aliphatic rings. The van der Waals surface area contributed by atoms with Crippen molar-refractivity contribution >= 4 is 17.5 Å². The number of amides is 2. The molecule has 114 valence electrons. The fourth-order valence-electron chi connectivity index (χ4n) is 1.39. The Hall–Kier alpha value is -2.31. The Morgan fingerprint density at radius 2 is 1.81 bits per heavy atom. The Balaban J connectivity index is 2.92. The highest BCUT2D eigenvalue weighted by Crippen LogP contribution is 2.23. The molecule has 0 unspecified atom stereocenters. The van der Waals surface area contributed by atoms with Crippen LogP contribution in [-0.2, 0) is 9.59 Å². The van der Waals surface area contributed by atoms with Crippen molar-refractivity contribution in [1.29, 1.82) is 0 Å². The number of nitrogens with one attached hydrogen (secondary N) is 2. The number of halogens is 3. The number of rotatable bonds is 5. The lowest BCUT2D eigenvalue weighted by Gasteiger charge is -2.22. The van der Waals surface area contributed by atoms with Gasteiger partial charge in [-0.3, -0.25) is 9.59 Å². The smallest absolute Gasteiger partial charge is 0.239 e. The first-order valence-electron chi connectivity index (χ1n) is 6.06. The number of hydrogen-bond donors (Lipinski definition) is 2. The van der Waals surface area contributed by atoms with E-state index in [-0.39, 0.29) is 6.54 Å². The van der Waals surface area contributed by atoms with Gasteiger partial charge in [0.25, 0.3) is 0 Å². The van der Waals surface area contributed by atoms with E-state index in [4.69, 9.17) is 0 Å². The first kappa shape index (κ1) is 16.7. The molecule has 0 saturated carbocycles. The summed E-state index contributed by atoms with van der Waals surface area (Å²) in [6.07, 6.45) is 1.43. The van der Waals surface area contributed by atoms with Gasteiger partial charge in [0.2, 0.25) is 11.8 Å². The summed E-state index contributed by atoms with van der Waals surface area (Å²) < 4.78 is 39.3. The maximum absolute atomic E-state index is 13.5. The average molecular weight is 300 g/mol. The first-order chi connectivity index (χ1) is 9.71. The van der Waals surface area contributed by atoms with E-state index >= 15 is 0 Å². The van der Waals surface area contributed by atoms with Gasteiger partial charge in [-0.25, -0.2) is 13.2 Å². The van der Waals surface area contributed by atoms with Crippen LogP contribution in [0.15, 0.2) is 24.8 Å². The Labute approximate surface area is 120 Å². The lowest BCUT2D eigenvalue weighted by atomic mass is 9.91. The minimum absolute atomic E-state index is 0.162. The summed E-state index contributed by atoms with van der Waals surface area (Å²) in [5.74, 6) is -6.04. The van der Waals surface area contributed by atoms with Crippen LogP contribution in [0.3, 0.4) is 0 Å². The molecule has 2 amide bonds. The van der Waals surface area contributed by atoms with Gasteiger partial charge in [-0.05, 0) is 26.0 Å². The van der Waals surface area contributed by atoms with Crippen LogP contribution in [0.1, 0.15) is 13.8 Å². The number of carbonyl (C=O) groups is 2. The Morgan fingerprint density at radius 1 is 1.19 bits per heavy atom. The van der Waals surface area contributed by atoms with Crippen molar-refractivity contribution in [1.82, 2.24) is 5.32 Å². The summed E-state index contributed by atoms with van der Waals surface area (Å²) in [7, 11) is 0. The second kappa shape index (κ2) is 6.43. The van der Waals surface area contributed by atoms with Gasteiger partial charge < -0.3 is 10.6 Å². The molecule has 0 aliphatic heterocycles. The standard InChI is InChI=1S/C14H15F3N2O2/c1-4-7-18-12(20)14(2,3)13(21)19-9-6-5-8(15)10(16)11(9)17/h4-6H,1,7H2,2-3H3,(H,18,20)(H,19,21). The Kier molecular flexibility index (Phi) is 5.12. The fraction of sp³-hybridized carbons (Fsp3) is 0.286. The highest BCUT2D eigenvalue weighted by Gasteiger charge is 2.36. The maximum Gasteiger partial charge on any atom is 0.239 e. The van der Waals surface area contributed by atoms with Crippen LogP contribution < -0.4 is 10.6 Å². The van der Waals surface area contributed by atoms with Crippen LogP contribution in [-0.4, -0.2) is 18.4 Å². The summed E-state index contributed by atoms with van der Waals surface area (Å²) in [4.78, 5) is 23.8. The highest BCUT2D eigenvalue weighted by atomic mass is 19.2. The predicted molar refractivity (Wildman–Crippen MR) is 71.9 cm³/mol. The molecule has 0 fully saturated rings. The summed E-state index contributed by atoms with van der Waals surface area (Å²) in [6, 6.07) is 1.56. The molecule has 7 heteroatoms. The second-order valence-electron chi connectivity index (χ2n) is 4.80. The summed E-state index contributed by atoms with van der Waals surface area (Å²) in [6.45, 7) is 6.21. The van der Waals surface area contributed by atoms with E-state index in [9.17, 15) is 22.8 Å². The minimum atomic E-state index is -1.69. The third-order valence-electron chi connectivity index (χ3n) is 2.83. The molecule has 21 heavy (non-hydrogen) atoms. The molecule has 1 rings (SSSR count). The molecule has 0 atom stereocenters. The quantitative estimate of drug-likeness (QED) is 0.498. The number of carbonyl (C=O) groups excluding carboxylic acids is 2. The normalized spacial score (nSPS) is 10.9. The molecule has 0 aromatic heterocycles. The molecule has 1 aromatic carbocycles. The molecule has 0 heterocycles. The zero-order valence-electron chi connectivity index (χ0n) is 11.6. The van der Waals surface area contributed by atoms with E-state index in [0.29, 0.717) is 6.07 Å². The Bertz CT molecular complexity index is 586. The fourth-order valence-corrected chi connectivity index (χ4v) is 1.39. The lowest BCUT2D eigenvalue weighted by Crippen LogP contribution is -2.45. The van der Waals surface area contributed by atoms with E-state index in [0.717, 1.165) is 6.07 Å². The van der Waals surface area contributed by atoms with Crippen molar-refractivity contribution < 1.29 is 22.8 Å². The molecule has 0 spiro atoms. The van der Waals surface area contributed by atoms with Crippen molar-refractivity contribution in [3.63, 3.8) is 0 Å². The molecule has 1 aromatic rings. The van der Waals surface area contributed by atoms with Crippen LogP contribution in [0.25, 0.3) is 0 Å². The third kappa shape index (κ3) is 3.62. The molecule has 0 saturated heterocycles. The van der Waals surface area contributed by atoms with Crippen molar-refractivity contribution in [2.24, 2.45) is 5.41 Å². The van der Waals surface area contributed by atoms with Crippen LogP contribution in [0.5, 0.6) is 0 Å². The monoisotopic (exact) mass is 300 g/mol. The number of anilines is 1. The first-order valence-corrected chi connectivity index (χ1v) is 6.06. The van der Waals surface area contributed by atoms with E-state index < -0.39 is 40.4 Å². The van der Waals surface area contributed by atoms with Gasteiger partial charge in [0.05, 0.1) is 5.69 Å². The lowest BCUT2D eigenvalue weighted by molar-refractivity contribution is -0.138. The van der Waals surface area contributed by atoms with Crippen molar-refractivity contribution in [2.45, 2.75) is 13.8 Å². The summed E-state index contributed by atoms with van der Waals surface area (Å²) in [5, 5.41) is 4.50. The minimum Gasteiger partial charge on any atom is -0.352 e. The van der Waals surface area contributed by atoms with Crippen LogP contribution in [0, 0.1) is 22.9 Å². The van der Waals surface area contributed by atoms with Gasteiger partial charge in [0.15, 0.2) is 17.5 Å². The molecular formula is C14H15F3N2O2. The second-order valence-corrected chi connectivity index (χ2v) is 4.80. The van der Waals surface area contributed by atoms with E-state index in [1.165, 1.54) is 19.9 Å². The number of hydrogen-bond acceptors (Lipinski definition) is 2. The van der Waals surface area contributed by atoms with E-state index in [1.54, 1.807) is 0 Å². The molecule has 0 aliphatic carbocycles. The number of benzene rings is 1. The van der Waals surface area contributed by atoms with Crippen LogP contribution in [0.2, 0.25) is 0 Å². The van der Waals surface area contributed by atoms with Gasteiger partial charge in [-0.2, -0.15) is 0 Å². The molecular weight excluding hydrogens is 285 g/mol.